The fraction of sp³-hybridized carbons (Fsp3) is 0.0526. The van der Waals surface area contributed by atoms with Crippen molar-refractivity contribution in [3.05, 3.63) is 88.6 Å². The van der Waals surface area contributed by atoms with Crippen LogP contribution in [0, 0.1) is 7.14 Å². The van der Waals surface area contributed by atoms with Crippen LogP contribution in [0.3, 0.4) is 0 Å². The van der Waals surface area contributed by atoms with Gasteiger partial charge in [0.1, 0.15) is 0 Å². The molecule has 0 aliphatic heterocycles. The van der Waals surface area contributed by atoms with Gasteiger partial charge in [0.05, 0.1) is 0 Å². The predicted molar refractivity (Wildman–Crippen MR) is 112 cm³/mol. The van der Waals surface area contributed by atoms with E-state index >= 15 is 0 Å². The monoisotopic (exact) mass is 566 g/mol. The molecule has 2 heterocycles. The van der Waals surface area contributed by atoms with Gasteiger partial charge in [-0.3, -0.25) is 0 Å². The number of hydrogen-bond acceptors (Lipinski definition) is 7. The van der Waals surface area contributed by atoms with E-state index in [4.69, 9.17) is 11.3 Å². The average molecular weight is 566 g/mol. The molecule has 0 atom stereocenters. The van der Waals surface area contributed by atoms with E-state index in [-0.39, 0.29) is 18.3 Å². The Hall–Kier alpha value is -2.71. The van der Waals surface area contributed by atoms with Crippen LogP contribution in [0.1, 0.15) is 0 Å². The summed E-state index contributed by atoms with van der Waals surface area (Å²) in [6.07, 6.45) is 0. The maximum absolute atomic E-state index is 13.0. The molecule has 0 spiro atoms. The second-order valence-electron chi connectivity index (χ2n) is 6.08. The molecule has 0 saturated carbocycles. The van der Waals surface area contributed by atoms with Gasteiger partial charge >= 0.3 is 179 Å². The summed E-state index contributed by atoms with van der Waals surface area (Å²) in [5.41, 5.74) is -6.86. The van der Waals surface area contributed by atoms with E-state index < -0.39 is 47.1 Å². The van der Waals surface area contributed by atoms with Crippen LogP contribution in [0.4, 0.5) is 13.2 Å². The third-order valence-corrected chi connectivity index (χ3v) is 11.0. The van der Waals surface area contributed by atoms with Crippen molar-refractivity contribution in [2.45, 2.75) is 5.51 Å². The van der Waals surface area contributed by atoms with Gasteiger partial charge in [0.15, 0.2) is 0 Å². The molecule has 0 amide bonds. The van der Waals surface area contributed by atoms with E-state index in [0.717, 1.165) is 0 Å². The summed E-state index contributed by atoms with van der Waals surface area (Å²) < 4.78 is 77.7. The predicted octanol–water partition coefficient (Wildman–Crippen LogP) is 4.23. The molecule has 0 saturated heterocycles. The van der Waals surface area contributed by atoms with E-state index in [1.807, 2.05) is 0 Å². The first-order chi connectivity index (χ1) is 14.5. The molecule has 2 aromatic heterocycles. The van der Waals surface area contributed by atoms with Crippen LogP contribution in [0.2, 0.25) is 0 Å². The van der Waals surface area contributed by atoms with Crippen molar-refractivity contribution in [2.24, 2.45) is 0 Å². The van der Waals surface area contributed by atoms with Crippen molar-refractivity contribution in [3.63, 3.8) is 0 Å². The summed E-state index contributed by atoms with van der Waals surface area (Å²) in [5.74, 6) is 0. The van der Waals surface area contributed by atoms with Gasteiger partial charge in [-0.1, -0.05) is 0 Å². The molecule has 0 aliphatic carbocycles. The number of halogens is 4. The minimum atomic E-state index is -5.93. The second-order valence-corrected chi connectivity index (χ2v) is 12.6. The molecule has 0 radical (unpaired) electrons. The van der Waals surface area contributed by atoms with Gasteiger partial charge in [0.25, 0.3) is 0 Å². The number of rotatable bonds is 4. The van der Waals surface area contributed by atoms with E-state index in [9.17, 15) is 31.2 Å². The van der Waals surface area contributed by atoms with Crippen molar-refractivity contribution in [1.29, 1.82) is 0 Å². The summed E-state index contributed by atoms with van der Waals surface area (Å²) >= 11 is -3.78. The van der Waals surface area contributed by atoms with Crippen LogP contribution < -0.4 is 11.3 Å². The minimum absolute atomic E-state index is 0.0626. The Kier molecular flexibility index (Phi) is 5.39. The van der Waals surface area contributed by atoms with Gasteiger partial charge in [-0.15, -0.1) is 0 Å². The molecule has 162 valence electrons. The molecule has 0 bridgehead atoms. The molecular formula is C19H10F3IO7S. The summed E-state index contributed by atoms with van der Waals surface area (Å²) in [5, 5.41) is 0.977. The Morgan fingerprint density at radius 2 is 1.16 bits per heavy atom. The van der Waals surface area contributed by atoms with Crippen molar-refractivity contribution in [1.82, 2.24) is 0 Å². The standard InChI is InChI=1S/C19H10F3IO7S/c20-19(21,22)31(26,27)30-23(13-5-1-11-3-7-17(24)28-15(11)9-13)14-6-2-12-4-8-18(25)29-16(12)10-14/h1-10H. The number of benzene rings is 2. The van der Waals surface area contributed by atoms with Crippen LogP contribution >= 0.6 is 20.2 Å². The van der Waals surface area contributed by atoms with E-state index in [1.165, 1.54) is 60.7 Å². The van der Waals surface area contributed by atoms with Crippen molar-refractivity contribution in [2.75, 3.05) is 0 Å². The van der Waals surface area contributed by atoms with Crippen LogP contribution in [0.15, 0.2) is 79.1 Å². The summed E-state index contributed by atoms with van der Waals surface area (Å²) in [6.45, 7) is 0. The number of fused-ring (bicyclic) bond motifs is 2. The van der Waals surface area contributed by atoms with Gasteiger partial charge in [0.2, 0.25) is 0 Å². The second kappa shape index (κ2) is 7.76. The number of alkyl halides is 3. The molecular weight excluding hydrogens is 556 g/mol. The maximum atomic E-state index is 13.0. The Morgan fingerprint density at radius 3 is 1.58 bits per heavy atom. The summed E-state index contributed by atoms with van der Waals surface area (Å²) in [7, 11) is -5.93. The molecule has 0 N–H and O–H groups in total. The molecule has 0 aliphatic rings. The zero-order valence-electron chi connectivity index (χ0n) is 15.1. The third kappa shape index (κ3) is 4.36. The molecule has 4 aromatic rings. The molecule has 4 rings (SSSR count). The molecule has 2 aromatic carbocycles. The van der Waals surface area contributed by atoms with E-state index in [2.05, 4.69) is 0 Å². The Morgan fingerprint density at radius 1 is 0.742 bits per heavy atom. The summed E-state index contributed by atoms with van der Waals surface area (Å²) in [6, 6.07) is 13.6. The Bertz CT molecular complexity index is 1430. The van der Waals surface area contributed by atoms with Gasteiger partial charge in [-0.25, -0.2) is 0 Å². The average Bonchev–Trinajstić information content (AvgIpc) is 2.70. The number of hydrogen-bond donors (Lipinski definition) is 0. The zero-order chi connectivity index (χ0) is 22.4. The first kappa shape index (κ1) is 21.5. The first-order valence-electron chi connectivity index (χ1n) is 8.33. The van der Waals surface area contributed by atoms with Gasteiger partial charge < -0.3 is 0 Å². The van der Waals surface area contributed by atoms with Crippen molar-refractivity contribution < 1.29 is 32.9 Å². The topological polar surface area (TPSA) is 104 Å². The van der Waals surface area contributed by atoms with Crippen LogP contribution in [-0.4, -0.2) is 13.9 Å². The zero-order valence-corrected chi connectivity index (χ0v) is 18.0. The van der Waals surface area contributed by atoms with Gasteiger partial charge in [-0.05, 0) is 0 Å². The fourth-order valence-electron chi connectivity index (χ4n) is 2.60. The van der Waals surface area contributed by atoms with Gasteiger partial charge in [-0.2, -0.15) is 0 Å². The van der Waals surface area contributed by atoms with E-state index in [1.54, 1.807) is 0 Å². The molecule has 12 heteroatoms. The Balaban J connectivity index is 1.91. The fourth-order valence-corrected chi connectivity index (χ4v) is 9.12. The van der Waals surface area contributed by atoms with E-state index in [0.29, 0.717) is 10.8 Å². The van der Waals surface area contributed by atoms with Crippen LogP contribution in [0.25, 0.3) is 21.9 Å². The van der Waals surface area contributed by atoms with Crippen molar-refractivity contribution in [3.8, 4) is 0 Å². The van der Waals surface area contributed by atoms with Crippen LogP contribution in [0.5, 0.6) is 0 Å². The summed E-state index contributed by atoms with van der Waals surface area (Å²) in [4.78, 5) is 23.0. The molecule has 0 unspecified atom stereocenters. The first-order valence-corrected chi connectivity index (χ1v) is 12.8. The van der Waals surface area contributed by atoms with Crippen LogP contribution in [-0.2, 0) is 12.6 Å². The van der Waals surface area contributed by atoms with Gasteiger partial charge in [0, 0.05) is 0 Å². The SMILES string of the molecule is O=c1ccc2ccc(I(OS(=O)(=O)C(F)(F)F)c3ccc4ccc(=O)oc4c3)cc2o1. The molecule has 31 heavy (non-hydrogen) atoms. The third-order valence-electron chi connectivity index (χ3n) is 4.00. The van der Waals surface area contributed by atoms with Crippen molar-refractivity contribution >= 4 is 52.3 Å². The normalized spacial score (nSPS) is 12.9. The quantitative estimate of drug-likeness (QED) is 0.207. The molecule has 0 fully saturated rings. The molecule has 7 nitrogen and oxygen atoms in total. The Labute approximate surface area is 179 Å².